The molecule has 0 unspecified atom stereocenters. The fourth-order valence-corrected chi connectivity index (χ4v) is 2.18. The van der Waals surface area contributed by atoms with E-state index in [1.807, 2.05) is 104 Å². The van der Waals surface area contributed by atoms with Crippen molar-refractivity contribution in [2.75, 3.05) is 4.90 Å². The summed E-state index contributed by atoms with van der Waals surface area (Å²) in [6, 6.07) is 17.8. The van der Waals surface area contributed by atoms with Crippen LogP contribution in [-0.4, -0.2) is 11.7 Å². The number of benzene rings is 2. The van der Waals surface area contributed by atoms with Gasteiger partial charge in [-0.05, 0) is 45.4 Å². The maximum Gasteiger partial charge on any atom is 0.415 e. The van der Waals surface area contributed by atoms with E-state index in [0.717, 1.165) is 11.3 Å². The van der Waals surface area contributed by atoms with Gasteiger partial charge in [-0.15, -0.1) is 0 Å². The molecule has 2 aromatic carbocycles. The first-order valence-electron chi connectivity index (χ1n) is 9.46. The number of rotatable bonds is 3. The Kier molecular flexibility index (Phi) is 11.1. The van der Waals surface area contributed by atoms with Crippen LogP contribution in [0.15, 0.2) is 54.6 Å². The van der Waals surface area contributed by atoms with Crippen LogP contribution in [0.5, 0.6) is 0 Å². The van der Waals surface area contributed by atoms with Crippen molar-refractivity contribution in [2.24, 2.45) is 0 Å². The first-order chi connectivity index (χ1) is 12.3. The Labute approximate surface area is 160 Å². The van der Waals surface area contributed by atoms with Gasteiger partial charge < -0.3 is 4.74 Å². The van der Waals surface area contributed by atoms with E-state index in [-0.39, 0.29) is 6.09 Å². The summed E-state index contributed by atoms with van der Waals surface area (Å²) < 4.78 is 5.54. The molecular formula is C23H35NO2. The summed E-state index contributed by atoms with van der Waals surface area (Å²) in [5, 5.41) is 0. The molecule has 0 radical (unpaired) electrons. The maximum absolute atomic E-state index is 12.6. The smallest absolute Gasteiger partial charge is 0.415 e. The van der Waals surface area contributed by atoms with Crippen LogP contribution >= 0.6 is 0 Å². The first-order valence-corrected chi connectivity index (χ1v) is 9.46. The average Bonchev–Trinajstić information content (AvgIpc) is 2.62. The van der Waals surface area contributed by atoms with Gasteiger partial charge in [0.15, 0.2) is 0 Å². The highest BCUT2D eigenvalue weighted by Crippen LogP contribution is 2.21. The van der Waals surface area contributed by atoms with Gasteiger partial charge in [-0.2, -0.15) is 0 Å². The summed E-state index contributed by atoms with van der Waals surface area (Å²) in [6.07, 6.45) is -0.333. The minimum absolute atomic E-state index is 0.333. The molecular weight excluding hydrogens is 322 g/mol. The van der Waals surface area contributed by atoms with Crippen LogP contribution < -0.4 is 4.90 Å². The Hall–Kier alpha value is -2.29. The topological polar surface area (TPSA) is 29.5 Å². The van der Waals surface area contributed by atoms with E-state index in [2.05, 4.69) is 6.07 Å². The molecule has 0 aliphatic heterocycles. The van der Waals surface area contributed by atoms with Crippen LogP contribution in [0.25, 0.3) is 0 Å². The molecule has 2 rings (SSSR count). The van der Waals surface area contributed by atoms with Crippen LogP contribution in [0.4, 0.5) is 10.5 Å². The number of hydrogen-bond donors (Lipinski definition) is 0. The van der Waals surface area contributed by atoms with Crippen molar-refractivity contribution in [3.05, 3.63) is 65.7 Å². The molecule has 0 saturated heterocycles. The van der Waals surface area contributed by atoms with Gasteiger partial charge in [0, 0.05) is 5.69 Å². The zero-order chi connectivity index (χ0) is 20.2. The van der Waals surface area contributed by atoms with Gasteiger partial charge in [0.05, 0.1) is 6.54 Å². The van der Waals surface area contributed by atoms with E-state index >= 15 is 0 Å². The molecule has 0 saturated carbocycles. The summed E-state index contributed by atoms with van der Waals surface area (Å²) >= 11 is 0. The Bertz CT molecular complexity index is 630. The molecule has 3 heteroatoms. The summed E-state index contributed by atoms with van der Waals surface area (Å²) in [4.78, 5) is 14.2. The standard InChI is InChI=1S/C19H23NO2.2C2H6/c1-15-9-8-10-16(13-15)14-20(17-11-6-5-7-12-17)18(21)22-19(2,3)4;2*1-2/h5-13H,14H2,1-4H3;2*1-2H3. The van der Waals surface area contributed by atoms with Crippen molar-refractivity contribution in [1.29, 1.82) is 0 Å². The second kappa shape index (κ2) is 12.1. The third-order valence-electron chi connectivity index (χ3n) is 3.10. The normalized spacial score (nSPS) is 9.85. The highest BCUT2D eigenvalue weighted by atomic mass is 16.6. The molecule has 1 amide bonds. The molecule has 144 valence electrons. The number of para-hydroxylation sites is 1. The number of anilines is 1. The number of nitrogens with zero attached hydrogens (tertiary/aromatic N) is 1. The molecule has 26 heavy (non-hydrogen) atoms. The second-order valence-corrected chi connectivity index (χ2v) is 6.39. The molecule has 0 N–H and O–H groups in total. The van der Waals surface area contributed by atoms with E-state index in [4.69, 9.17) is 4.74 Å². The summed E-state index contributed by atoms with van der Waals surface area (Å²) in [6.45, 7) is 16.2. The first kappa shape index (κ1) is 23.7. The summed E-state index contributed by atoms with van der Waals surface area (Å²) in [5.74, 6) is 0. The molecule has 0 aliphatic rings. The van der Waals surface area contributed by atoms with Crippen molar-refractivity contribution in [2.45, 2.75) is 67.5 Å². The molecule has 3 nitrogen and oxygen atoms in total. The van der Waals surface area contributed by atoms with Gasteiger partial charge in [-0.3, -0.25) is 4.90 Å². The zero-order valence-electron chi connectivity index (χ0n) is 17.7. The van der Waals surface area contributed by atoms with Crippen molar-refractivity contribution in [3.63, 3.8) is 0 Å². The van der Waals surface area contributed by atoms with Crippen LogP contribution in [0.2, 0.25) is 0 Å². The van der Waals surface area contributed by atoms with E-state index in [9.17, 15) is 4.79 Å². The summed E-state index contributed by atoms with van der Waals surface area (Å²) in [7, 11) is 0. The van der Waals surface area contributed by atoms with Crippen LogP contribution in [0, 0.1) is 6.92 Å². The maximum atomic E-state index is 12.6. The molecule has 0 atom stereocenters. The van der Waals surface area contributed by atoms with E-state index in [1.165, 1.54) is 5.56 Å². The SMILES string of the molecule is CC.CC.Cc1cccc(CN(C(=O)OC(C)(C)C)c2ccccc2)c1. The lowest BCUT2D eigenvalue weighted by molar-refractivity contribution is 0.0577. The van der Waals surface area contributed by atoms with Gasteiger partial charge in [-0.1, -0.05) is 75.7 Å². The fraction of sp³-hybridized carbons (Fsp3) is 0.435. The lowest BCUT2D eigenvalue weighted by Crippen LogP contribution is -2.36. The lowest BCUT2D eigenvalue weighted by atomic mass is 10.1. The third-order valence-corrected chi connectivity index (χ3v) is 3.10. The van der Waals surface area contributed by atoms with Gasteiger partial charge in [-0.25, -0.2) is 4.79 Å². The van der Waals surface area contributed by atoms with E-state index in [1.54, 1.807) is 4.90 Å². The molecule has 2 aromatic rings. The predicted molar refractivity (Wildman–Crippen MR) is 113 cm³/mol. The highest BCUT2D eigenvalue weighted by molar-refractivity contribution is 5.87. The Balaban J connectivity index is 0.00000146. The minimum Gasteiger partial charge on any atom is -0.443 e. The molecule has 0 fully saturated rings. The Morgan fingerprint density at radius 3 is 2.00 bits per heavy atom. The average molecular weight is 358 g/mol. The van der Waals surface area contributed by atoms with Gasteiger partial charge >= 0.3 is 6.09 Å². The predicted octanol–water partition coefficient (Wildman–Crippen LogP) is 6.99. The van der Waals surface area contributed by atoms with E-state index < -0.39 is 5.60 Å². The second-order valence-electron chi connectivity index (χ2n) is 6.39. The number of hydrogen-bond acceptors (Lipinski definition) is 2. The molecule has 0 aliphatic carbocycles. The number of ether oxygens (including phenoxy) is 1. The number of amides is 1. The minimum atomic E-state index is -0.517. The number of aryl methyl sites for hydroxylation is 1. The van der Waals surface area contributed by atoms with Crippen LogP contribution in [-0.2, 0) is 11.3 Å². The van der Waals surface area contributed by atoms with Gasteiger partial charge in [0.25, 0.3) is 0 Å². The number of carbonyl (C=O) groups is 1. The fourth-order valence-electron chi connectivity index (χ4n) is 2.18. The summed E-state index contributed by atoms with van der Waals surface area (Å²) in [5.41, 5.74) is 2.57. The monoisotopic (exact) mass is 357 g/mol. The molecule has 0 spiro atoms. The highest BCUT2D eigenvalue weighted by Gasteiger charge is 2.23. The van der Waals surface area contributed by atoms with Crippen molar-refractivity contribution < 1.29 is 9.53 Å². The molecule has 0 bridgehead atoms. The van der Waals surface area contributed by atoms with E-state index in [0.29, 0.717) is 6.54 Å². The Morgan fingerprint density at radius 2 is 1.50 bits per heavy atom. The Morgan fingerprint density at radius 1 is 0.923 bits per heavy atom. The lowest BCUT2D eigenvalue weighted by Gasteiger charge is -2.27. The van der Waals surface area contributed by atoms with Crippen LogP contribution in [0.3, 0.4) is 0 Å². The van der Waals surface area contributed by atoms with Crippen molar-refractivity contribution >= 4 is 11.8 Å². The quantitative estimate of drug-likeness (QED) is 0.592. The number of carbonyl (C=O) groups excluding carboxylic acids is 1. The van der Waals surface area contributed by atoms with Gasteiger partial charge in [0.2, 0.25) is 0 Å². The molecule has 0 aromatic heterocycles. The van der Waals surface area contributed by atoms with Gasteiger partial charge in [0.1, 0.15) is 5.60 Å². The molecule has 0 heterocycles. The third kappa shape index (κ3) is 8.70. The van der Waals surface area contributed by atoms with Crippen molar-refractivity contribution in [3.8, 4) is 0 Å². The van der Waals surface area contributed by atoms with Crippen LogP contribution in [0.1, 0.15) is 59.6 Å². The van der Waals surface area contributed by atoms with Crippen molar-refractivity contribution in [1.82, 2.24) is 0 Å². The zero-order valence-corrected chi connectivity index (χ0v) is 17.7. The largest absolute Gasteiger partial charge is 0.443 e.